The molecule has 68 valence electrons. The van der Waals surface area contributed by atoms with Crippen LogP contribution in [0.15, 0.2) is 27.9 Å². The molecule has 0 bridgehead atoms. The van der Waals surface area contributed by atoms with Crippen molar-refractivity contribution >= 4 is 12.2 Å². The summed E-state index contributed by atoms with van der Waals surface area (Å²) in [6, 6.07) is 1.12. The fourth-order valence-corrected chi connectivity index (χ4v) is 0.714. The molecule has 0 atom stereocenters. The molecule has 0 radical (unpaired) electrons. The predicted octanol–water partition coefficient (Wildman–Crippen LogP) is -0.908. The highest BCUT2D eigenvalue weighted by Gasteiger charge is 1.95. The molecule has 2 N–H and O–H groups in total. The second-order valence-electron chi connectivity index (χ2n) is 2.15. The summed E-state index contributed by atoms with van der Waals surface area (Å²) >= 11 is 0. The highest BCUT2D eigenvalue weighted by atomic mass is 16.4. The van der Waals surface area contributed by atoms with E-state index in [4.69, 9.17) is 5.11 Å². The molecule has 0 aromatic carbocycles. The third-order valence-corrected chi connectivity index (χ3v) is 1.26. The lowest BCUT2D eigenvalue weighted by Crippen LogP contribution is -2.30. The van der Waals surface area contributed by atoms with Crippen LogP contribution in [0.4, 0.5) is 0 Å². The number of aromatic amines is 1. The molecule has 0 aliphatic rings. The van der Waals surface area contributed by atoms with Crippen LogP contribution in [0.2, 0.25) is 0 Å². The molecule has 0 spiro atoms. The van der Waals surface area contributed by atoms with Crippen molar-refractivity contribution in [2.75, 3.05) is 0 Å². The van der Waals surface area contributed by atoms with E-state index in [1.165, 1.54) is 6.20 Å². The summed E-state index contributed by atoms with van der Waals surface area (Å²) in [7, 11) is 0. The summed E-state index contributed by atoms with van der Waals surface area (Å²) in [5, 5.41) is 8.24. The third kappa shape index (κ3) is 2.16. The molecular formula is C7H6N2O4. The summed E-state index contributed by atoms with van der Waals surface area (Å²) < 4.78 is 0.661. The van der Waals surface area contributed by atoms with E-state index in [1.54, 1.807) is 0 Å². The Balaban J connectivity index is 3.23. The minimum atomic E-state index is -1.23. The molecule has 0 fully saturated rings. The van der Waals surface area contributed by atoms with Crippen molar-refractivity contribution < 1.29 is 9.90 Å². The number of carbonyl (C=O) groups is 1. The molecule has 0 saturated carbocycles. The Morgan fingerprint density at radius 3 is 2.77 bits per heavy atom. The summed E-state index contributed by atoms with van der Waals surface area (Å²) in [5.41, 5.74) is -1.26. The van der Waals surface area contributed by atoms with Gasteiger partial charge in [-0.15, -0.1) is 0 Å². The average molecular weight is 182 g/mol. The van der Waals surface area contributed by atoms with Crippen molar-refractivity contribution in [3.63, 3.8) is 0 Å². The van der Waals surface area contributed by atoms with Crippen LogP contribution in [-0.2, 0) is 4.79 Å². The highest BCUT2D eigenvalue weighted by molar-refractivity contribution is 5.82. The van der Waals surface area contributed by atoms with E-state index in [2.05, 4.69) is 4.98 Å². The van der Waals surface area contributed by atoms with Crippen molar-refractivity contribution in [3.8, 4) is 0 Å². The van der Waals surface area contributed by atoms with Gasteiger partial charge in [0, 0.05) is 24.5 Å². The molecule has 6 heteroatoms. The van der Waals surface area contributed by atoms with Crippen molar-refractivity contribution in [2.24, 2.45) is 0 Å². The summed E-state index contributed by atoms with van der Waals surface area (Å²) in [6.07, 6.45) is 2.79. The number of H-pyrrole nitrogens is 1. The molecule has 13 heavy (non-hydrogen) atoms. The quantitative estimate of drug-likeness (QED) is 0.579. The fraction of sp³-hybridized carbons (Fsp3) is 0. The lowest BCUT2D eigenvalue weighted by atomic mass is 10.6. The average Bonchev–Trinajstić information content (AvgIpc) is 2.03. The Morgan fingerprint density at radius 2 is 2.23 bits per heavy atom. The van der Waals surface area contributed by atoms with Crippen LogP contribution in [0.1, 0.15) is 0 Å². The fourth-order valence-electron chi connectivity index (χ4n) is 0.714. The standard InChI is InChI=1S/C7H6N2O4/c10-5-1-3-8-7(13)9(5)4-2-6(11)12/h1-4H,(H,8,13)(H,11,12). The first-order valence-electron chi connectivity index (χ1n) is 3.32. The zero-order chi connectivity index (χ0) is 9.84. The second-order valence-corrected chi connectivity index (χ2v) is 2.15. The normalized spacial score (nSPS) is 10.5. The number of hydrogen-bond acceptors (Lipinski definition) is 3. The zero-order valence-electron chi connectivity index (χ0n) is 6.43. The predicted molar refractivity (Wildman–Crippen MR) is 44.3 cm³/mol. The van der Waals surface area contributed by atoms with Crippen LogP contribution < -0.4 is 11.2 Å². The van der Waals surface area contributed by atoms with Gasteiger partial charge < -0.3 is 10.1 Å². The van der Waals surface area contributed by atoms with Gasteiger partial charge in [-0.05, 0) is 0 Å². The van der Waals surface area contributed by atoms with Crippen molar-refractivity contribution in [2.45, 2.75) is 0 Å². The number of hydrogen-bond donors (Lipinski definition) is 2. The summed E-state index contributed by atoms with van der Waals surface area (Å²) in [6.45, 7) is 0. The maximum absolute atomic E-state index is 11.0. The first-order chi connectivity index (χ1) is 6.11. The number of nitrogens with zero attached hydrogens (tertiary/aromatic N) is 1. The van der Waals surface area contributed by atoms with E-state index in [9.17, 15) is 14.4 Å². The minimum Gasteiger partial charge on any atom is -0.478 e. The number of aliphatic carboxylic acids is 1. The minimum absolute atomic E-state index is 0.582. The van der Waals surface area contributed by atoms with Gasteiger partial charge in [0.05, 0.1) is 0 Å². The monoisotopic (exact) mass is 182 g/mol. The SMILES string of the molecule is O=C(O)C=Cn1c(=O)cc[nH]c1=O. The van der Waals surface area contributed by atoms with Gasteiger partial charge in [-0.3, -0.25) is 4.79 Å². The van der Waals surface area contributed by atoms with Crippen molar-refractivity contribution in [1.29, 1.82) is 0 Å². The summed E-state index contributed by atoms with van der Waals surface area (Å²) in [4.78, 5) is 34.2. The molecular weight excluding hydrogens is 176 g/mol. The maximum atomic E-state index is 11.0. The van der Waals surface area contributed by atoms with Crippen LogP contribution >= 0.6 is 0 Å². The Kier molecular flexibility index (Phi) is 2.44. The summed E-state index contributed by atoms with van der Waals surface area (Å²) in [5.74, 6) is -1.23. The molecule has 1 aromatic rings. The van der Waals surface area contributed by atoms with Gasteiger partial charge in [0.2, 0.25) is 0 Å². The Morgan fingerprint density at radius 1 is 1.54 bits per heavy atom. The van der Waals surface area contributed by atoms with E-state index in [1.807, 2.05) is 0 Å². The molecule has 0 aliphatic carbocycles. The van der Waals surface area contributed by atoms with Crippen LogP contribution in [0.5, 0.6) is 0 Å². The lowest BCUT2D eigenvalue weighted by Gasteiger charge is -1.92. The molecule has 0 amide bonds. The third-order valence-electron chi connectivity index (χ3n) is 1.26. The van der Waals surface area contributed by atoms with Crippen LogP contribution in [0, 0.1) is 0 Å². The van der Waals surface area contributed by atoms with Crippen LogP contribution in [-0.4, -0.2) is 20.6 Å². The van der Waals surface area contributed by atoms with E-state index in [0.717, 1.165) is 12.3 Å². The number of carboxylic acid groups (broad SMARTS) is 1. The molecule has 0 saturated heterocycles. The van der Waals surface area contributed by atoms with Crippen LogP contribution in [0.25, 0.3) is 6.20 Å². The Hall–Kier alpha value is -2.11. The van der Waals surface area contributed by atoms with Gasteiger partial charge in [0.1, 0.15) is 0 Å². The van der Waals surface area contributed by atoms with Gasteiger partial charge in [-0.1, -0.05) is 0 Å². The number of aromatic nitrogens is 2. The molecule has 1 aromatic heterocycles. The van der Waals surface area contributed by atoms with Crippen molar-refractivity contribution in [1.82, 2.24) is 9.55 Å². The topological polar surface area (TPSA) is 92.2 Å². The zero-order valence-corrected chi connectivity index (χ0v) is 6.43. The largest absolute Gasteiger partial charge is 0.478 e. The highest BCUT2D eigenvalue weighted by Crippen LogP contribution is 1.75. The molecule has 6 nitrogen and oxygen atoms in total. The van der Waals surface area contributed by atoms with Gasteiger partial charge >= 0.3 is 11.7 Å². The van der Waals surface area contributed by atoms with Crippen molar-refractivity contribution in [3.05, 3.63) is 39.2 Å². The molecule has 0 unspecified atom stereocenters. The second kappa shape index (κ2) is 3.53. The number of carboxylic acids is 1. The Bertz CT molecular complexity index is 426. The number of rotatable bonds is 2. The van der Waals surface area contributed by atoms with Gasteiger partial charge in [-0.25, -0.2) is 14.2 Å². The van der Waals surface area contributed by atoms with Gasteiger partial charge in [0.25, 0.3) is 5.56 Å². The molecule has 1 rings (SSSR count). The van der Waals surface area contributed by atoms with E-state index in [0.29, 0.717) is 10.6 Å². The van der Waals surface area contributed by atoms with E-state index in [-0.39, 0.29) is 0 Å². The molecule has 0 aliphatic heterocycles. The Labute approximate surface area is 71.8 Å². The molecule has 1 heterocycles. The van der Waals surface area contributed by atoms with E-state index < -0.39 is 17.2 Å². The van der Waals surface area contributed by atoms with E-state index >= 15 is 0 Å². The van der Waals surface area contributed by atoms with Crippen LogP contribution in [0.3, 0.4) is 0 Å². The first kappa shape index (κ1) is 8.98. The lowest BCUT2D eigenvalue weighted by molar-refractivity contribution is -0.131. The number of nitrogens with one attached hydrogen (secondary N) is 1. The smallest absolute Gasteiger partial charge is 0.332 e. The van der Waals surface area contributed by atoms with Gasteiger partial charge in [-0.2, -0.15) is 0 Å². The van der Waals surface area contributed by atoms with Gasteiger partial charge in [0.15, 0.2) is 0 Å². The first-order valence-corrected chi connectivity index (χ1v) is 3.32. The maximum Gasteiger partial charge on any atom is 0.332 e.